The fourth-order valence-corrected chi connectivity index (χ4v) is 3.16. The number of thioether (sulfide) groups is 1. The SMILES string of the molecule is COc1ccc(C(=O)N[C@H](CCSC)C(=O)Nc2ccc3c(c2)OCO3)cc1. The predicted octanol–water partition coefficient (Wildman–Crippen LogP) is 2.91. The summed E-state index contributed by atoms with van der Waals surface area (Å²) in [5, 5.41) is 5.65. The highest BCUT2D eigenvalue weighted by atomic mass is 32.2. The summed E-state index contributed by atoms with van der Waals surface area (Å²) in [7, 11) is 1.56. The van der Waals surface area contributed by atoms with Crippen molar-refractivity contribution >= 4 is 29.3 Å². The van der Waals surface area contributed by atoms with Gasteiger partial charge in [0.15, 0.2) is 11.5 Å². The zero-order chi connectivity index (χ0) is 19.9. The van der Waals surface area contributed by atoms with E-state index in [1.165, 1.54) is 0 Å². The molecule has 1 aliphatic rings. The van der Waals surface area contributed by atoms with Crippen LogP contribution >= 0.6 is 11.8 Å². The fourth-order valence-electron chi connectivity index (χ4n) is 2.69. The molecule has 0 aliphatic carbocycles. The second kappa shape index (κ2) is 9.36. The van der Waals surface area contributed by atoms with Crippen molar-refractivity contribution in [1.82, 2.24) is 5.32 Å². The van der Waals surface area contributed by atoms with Crippen LogP contribution in [0.25, 0.3) is 0 Å². The molecule has 7 nitrogen and oxygen atoms in total. The van der Waals surface area contributed by atoms with E-state index >= 15 is 0 Å². The molecule has 0 spiro atoms. The van der Waals surface area contributed by atoms with Crippen molar-refractivity contribution in [2.24, 2.45) is 0 Å². The molecule has 0 saturated heterocycles. The van der Waals surface area contributed by atoms with Crippen molar-refractivity contribution in [1.29, 1.82) is 0 Å². The van der Waals surface area contributed by atoms with Crippen LogP contribution in [0.4, 0.5) is 5.69 Å². The summed E-state index contributed by atoms with van der Waals surface area (Å²) in [6.07, 6.45) is 2.47. The summed E-state index contributed by atoms with van der Waals surface area (Å²) in [6.45, 7) is 0.168. The Balaban J connectivity index is 1.67. The lowest BCUT2D eigenvalue weighted by Crippen LogP contribution is -2.44. The highest BCUT2D eigenvalue weighted by Crippen LogP contribution is 2.34. The number of methoxy groups -OCH3 is 1. The summed E-state index contributed by atoms with van der Waals surface area (Å²) < 4.78 is 15.7. The third-order valence-corrected chi connectivity index (χ3v) is 4.87. The highest BCUT2D eigenvalue weighted by molar-refractivity contribution is 7.98. The van der Waals surface area contributed by atoms with Gasteiger partial charge in [-0.2, -0.15) is 11.8 Å². The first-order valence-electron chi connectivity index (χ1n) is 8.75. The number of carbonyl (C=O) groups is 2. The molecular formula is C20H22N2O5S. The number of amides is 2. The molecule has 0 aromatic heterocycles. The van der Waals surface area contributed by atoms with Crippen molar-refractivity contribution < 1.29 is 23.8 Å². The minimum atomic E-state index is -0.660. The molecule has 0 fully saturated rings. The van der Waals surface area contributed by atoms with Gasteiger partial charge < -0.3 is 24.8 Å². The third kappa shape index (κ3) is 4.89. The maximum atomic E-state index is 12.8. The average molecular weight is 402 g/mol. The fraction of sp³-hybridized carbons (Fsp3) is 0.300. The van der Waals surface area contributed by atoms with Gasteiger partial charge in [-0.25, -0.2) is 0 Å². The van der Waals surface area contributed by atoms with Gasteiger partial charge in [0.05, 0.1) is 7.11 Å². The average Bonchev–Trinajstić information content (AvgIpc) is 3.18. The minimum Gasteiger partial charge on any atom is -0.497 e. The molecule has 0 unspecified atom stereocenters. The minimum absolute atomic E-state index is 0.168. The van der Waals surface area contributed by atoms with Crippen LogP contribution in [0.5, 0.6) is 17.2 Å². The lowest BCUT2D eigenvalue weighted by atomic mass is 10.1. The number of hydrogen-bond donors (Lipinski definition) is 2. The van der Waals surface area contributed by atoms with Gasteiger partial charge in [0.2, 0.25) is 12.7 Å². The molecule has 8 heteroatoms. The first kappa shape index (κ1) is 19.9. The summed E-state index contributed by atoms with van der Waals surface area (Å²) in [5.41, 5.74) is 1.05. The van der Waals surface area contributed by atoms with Crippen LogP contribution in [0.2, 0.25) is 0 Å². The van der Waals surface area contributed by atoms with E-state index in [1.807, 2.05) is 6.26 Å². The number of fused-ring (bicyclic) bond motifs is 1. The zero-order valence-corrected chi connectivity index (χ0v) is 16.5. The molecule has 2 amide bonds. The van der Waals surface area contributed by atoms with Gasteiger partial charge in [-0.15, -0.1) is 0 Å². The number of benzene rings is 2. The van der Waals surface area contributed by atoms with E-state index in [9.17, 15) is 9.59 Å². The second-order valence-electron chi connectivity index (χ2n) is 6.09. The largest absolute Gasteiger partial charge is 0.497 e. The van der Waals surface area contributed by atoms with E-state index in [1.54, 1.807) is 61.3 Å². The van der Waals surface area contributed by atoms with Crippen LogP contribution in [-0.4, -0.2) is 43.8 Å². The molecule has 148 valence electrons. The normalized spacial score (nSPS) is 12.9. The van der Waals surface area contributed by atoms with Crippen molar-refractivity contribution in [2.75, 3.05) is 31.2 Å². The van der Waals surface area contributed by atoms with Crippen LogP contribution in [0.3, 0.4) is 0 Å². The van der Waals surface area contributed by atoms with Crippen molar-refractivity contribution in [3.63, 3.8) is 0 Å². The summed E-state index contributed by atoms with van der Waals surface area (Å²) in [5.74, 6) is 2.04. The Bertz CT molecular complexity index is 841. The maximum Gasteiger partial charge on any atom is 0.251 e. The van der Waals surface area contributed by atoms with Crippen molar-refractivity contribution in [2.45, 2.75) is 12.5 Å². The first-order valence-corrected chi connectivity index (χ1v) is 10.1. The molecule has 2 N–H and O–H groups in total. The van der Waals surface area contributed by atoms with Gasteiger partial charge in [-0.05, 0) is 54.8 Å². The van der Waals surface area contributed by atoms with Gasteiger partial charge in [-0.1, -0.05) is 0 Å². The third-order valence-electron chi connectivity index (χ3n) is 4.22. The molecule has 0 radical (unpaired) electrons. The van der Waals surface area contributed by atoms with Gasteiger partial charge in [0, 0.05) is 17.3 Å². The van der Waals surface area contributed by atoms with E-state index in [0.29, 0.717) is 34.9 Å². The number of anilines is 1. The van der Waals surface area contributed by atoms with E-state index in [-0.39, 0.29) is 18.6 Å². The Morgan fingerprint density at radius 2 is 1.89 bits per heavy atom. The van der Waals surface area contributed by atoms with Crippen molar-refractivity contribution in [3.8, 4) is 17.2 Å². The number of ether oxygens (including phenoxy) is 3. The van der Waals surface area contributed by atoms with Crippen LogP contribution in [0.1, 0.15) is 16.8 Å². The Hall–Kier alpha value is -2.87. The molecule has 2 aromatic rings. The maximum absolute atomic E-state index is 12.8. The van der Waals surface area contributed by atoms with Gasteiger partial charge in [-0.3, -0.25) is 9.59 Å². The Labute approximate surface area is 167 Å². The molecule has 28 heavy (non-hydrogen) atoms. The van der Waals surface area contributed by atoms with E-state index < -0.39 is 6.04 Å². The number of carbonyl (C=O) groups excluding carboxylic acids is 2. The smallest absolute Gasteiger partial charge is 0.251 e. The van der Waals surface area contributed by atoms with Gasteiger partial charge in [0.1, 0.15) is 11.8 Å². The number of nitrogens with one attached hydrogen (secondary N) is 2. The monoisotopic (exact) mass is 402 g/mol. The number of rotatable bonds is 8. The van der Waals surface area contributed by atoms with E-state index in [4.69, 9.17) is 14.2 Å². The van der Waals surface area contributed by atoms with Crippen molar-refractivity contribution in [3.05, 3.63) is 48.0 Å². The van der Waals surface area contributed by atoms with Crippen LogP contribution in [-0.2, 0) is 4.79 Å². The predicted molar refractivity (Wildman–Crippen MR) is 108 cm³/mol. The van der Waals surface area contributed by atoms with Gasteiger partial charge in [0.25, 0.3) is 5.91 Å². The lowest BCUT2D eigenvalue weighted by molar-refractivity contribution is -0.118. The first-order chi connectivity index (χ1) is 13.6. The molecule has 1 aliphatic heterocycles. The summed E-state index contributed by atoms with van der Waals surface area (Å²) >= 11 is 1.61. The summed E-state index contributed by atoms with van der Waals surface area (Å²) in [4.78, 5) is 25.3. The lowest BCUT2D eigenvalue weighted by Gasteiger charge is -2.18. The molecule has 2 aromatic carbocycles. The highest BCUT2D eigenvalue weighted by Gasteiger charge is 2.22. The van der Waals surface area contributed by atoms with Crippen LogP contribution < -0.4 is 24.8 Å². The molecular weight excluding hydrogens is 380 g/mol. The molecule has 1 atom stereocenters. The Kier molecular flexibility index (Phi) is 6.65. The van der Waals surface area contributed by atoms with Crippen LogP contribution in [0, 0.1) is 0 Å². The topological polar surface area (TPSA) is 85.9 Å². The molecule has 0 saturated carbocycles. The Morgan fingerprint density at radius 3 is 2.61 bits per heavy atom. The quantitative estimate of drug-likeness (QED) is 0.706. The Morgan fingerprint density at radius 1 is 1.14 bits per heavy atom. The van der Waals surface area contributed by atoms with E-state index in [0.717, 1.165) is 5.75 Å². The van der Waals surface area contributed by atoms with Crippen LogP contribution in [0.15, 0.2) is 42.5 Å². The standard InChI is InChI=1S/C20H22N2O5S/c1-25-15-6-3-13(4-7-15)19(23)22-16(9-10-28-2)20(24)21-14-5-8-17-18(11-14)27-12-26-17/h3-8,11,16H,9-10,12H2,1-2H3,(H,21,24)(H,22,23)/t16-/m1/s1. The molecule has 1 heterocycles. The molecule has 3 rings (SSSR count). The zero-order valence-electron chi connectivity index (χ0n) is 15.7. The number of hydrogen-bond acceptors (Lipinski definition) is 6. The van der Waals surface area contributed by atoms with E-state index in [2.05, 4.69) is 10.6 Å². The summed E-state index contributed by atoms with van der Waals surface area (Å²) in [6, 6.07) is 11.3. The molecule has 0 bridgehead atoms. The second-order valence-corrected chi connectivity index (χ2v) is 7.08. The van der Waals surface area contributed by atoms with Gasteiger partial charge >= 0.3 is 0 Å².